The zero-order valence-electron chi connectivity index (χ0n) is 16.7. The van der Waals surface area contributed by atoms with Crippen molar-refractivity contribution in [1.82, 2.24) is 5.32 Å². The number of ether oxygens (including phenoxy) is 1. The van der Waals surface area contributed by atoms with E-state index >= 15 is 0 Å². The molecule has 2 nitrogen and oxygen atoms in total. The second kappa shape index (κ2) is 8.99. The van der Waals surface area contributed by atoms with Crippen molar-refractivity contribution in [2.24, 2.45) is 11.8 Å². The van der Waals surface area contributed by atoms with Crippen LogP contribution < -0.4 is 5.32 Å². The minimum atomic E-state index is -0.167. The molecule has 1 N–H and O–H groups in total. The van der Waals surface area contributed by atoms with Crippen LogP contribution >= 0.6 is 0 Å². The summed E-state index contributed by atoms with van der Waals surface area (Å²) in [4.78, 5) is 0. The van der Waals surface area contributed by atoms with Gasteiger partial charge in [-0.2, -0.15) is 0 Å². The lowest BCUT2D eigenvalue weighted by molar-refractivity contribution is -0.0795. The monoisotopic (exact) mass is 369 g/mol. The molecule has 3 atom stereocenters. The molecule has 2 unspecified atom stereocenters. The molecule has 3 heteroatoms. The Labute approximate surface area is 163 Å². The van der Waals surface area contributed by atoms with Crippen molar-refractivity contribution in [2.45, 2.75) is 51.7 Å². The number of benzene rings is 2. The topological polar surface area (TPSA) is 21.3 Å². The third-order valence-corrected chi connectivity index (χ3v) is 5.75. The van der Waals surface area contributed by atoms with Gasteiger partial charge in [-0.05, 0) is 74.2 Å². The molecule has 0 aromatic heterocycles. The molecule has 0 aliphatic carbocycles. The van der Waals surface area contributed by atoms with Crippen molar-refractivity contribution in [1.29, 1.82) is 0 Å². The Morgan fingerprint density at radius 3 is 2.48 bits per heavy atom. The van der Waals surface area contributed by atoms with Gasteiger partial charge in [-0.1, -0.05) is 49.4 Å². The van der Waals surface area contributed by atoms with Crippen molar-refractivity contribution in [3.8, 4) is 0 Å². The molecule has 0 amide bonds. The molecule has 2 aromatic rings. The van der Waals surface area contributed by atoms with Gasteiger partial charge in [0.1, 0.15) is 5.82 Å². The van der Waals surface area contributed by atoms with Gasteiger partial charge in [0, 0.05) is 13.2 Å². The highest BCUT2D eigenvalue weighted by molar-refractivity contribution is 5.23. The molecule has 1 heterocycles. The van der Waals surface area contributed by atoms with E-state index in [9.17, 15) is 4.39 Å². The Morgan fingerprint density at radius 2 is 1.81 bits per heavy atom. The third-order valence-electron chi connectivity index (χ3n) is 5.75. The standard InChI is InChI=1S/C24H32FNO/c1-18(16-26-17-19-7-5-4-6-8-19)23(20-9-11-22(25)12-10-20)21-13-14-27-24(2,3)15-21/h4-12,18,21,23,26H,13-17H2,1-3H3/t18?,21-,23?/m1/s1. The summed E-state index contributed by atoms with van der Waals surface area (Å²) in [5.41, 5.74) is 2.46. The van der Waals surface area contributed by atoms with Crippen LogP contribution in [0.3, 0.4) is 0 Å². The highest BCUT2D eigenvalue weighted by atomic mass is 19.1. The van der Waals surface area contributed by atoms with Gasteiger partial charge in [0.15, 0.2) is 0 Å². The molecule has 2 aromatic carbocycles. The van der Waals surface area contributed by atoms with Gasteiger partial charge in [0.05, 0.1) is 5.60 Å². The predicted molar refractivity (Wildman–Crippen MR) is 109 cm³/mol. The van der Waals surface area contributed by atoms with E-state index in [2.05, 4.69) is 50.4 Å². The van der Waals surface area contributed by atoms with Gasteiger partial charge in [-0.15, -0.1) is 0 Å². The minimum absolute atomic E-state index is 0.0849. The van der Waals surface area contributed by atoms with Crippen LogP contribution in [0.15, 0.2) is 54.6 Å². The predicted octanol–water partition coefficient (Wildman–Crippen LogP) is 5.54. The van der Waals surface area contributed by atoms with Crippen LogP contribution in [0, 0.1) is 17.7 Å². The van der Waals surface area contributed by atoms with Crippen molar-refractivity contribution in [3.05, 3.63) is 71.5 Å². The summed E-state index contributed by atoms with van der Waals surface area (Å²) >= 11 is 0. The van der Waals surface area contributed by atoms with Gasteiger partial charge in [0.2, 0.25) is 0 Å². The average molecular weight is 370 g/mol. The molecular formula is C24H32FNO. The van der Waals surface area contributed by atoms with Crippen LogP contribution in [0.4, 0.5) is 4.39 Å². The number of hydrogen-bond donors (Lipinski definition) is 1. The van der Waals surface area contributed by atoms with Gasteiger partial charge < -0.3 is 10.1 Å². The molecule has 1 aliphatic rings. The number of rotatable bonds is 7. The number of nitrogens with one attached hydrogen (secondary N) is 1. The highest BCUT2D eigenvalue weighted by Crippen LogP contribution is 2.42. The molecule has 0 saturated carbocycles. The van der Waals surface area contributed by atoms with E-state index in [4.69, 9.17) is 4.74 Å². The second-order valence-corrected chi connectivity index (χ2v) is 8.53. The van der Waals surface area contributed by atoms with E-state index in [1.165, 1.54) is 11.1 Å². The fourth-order valence-electron chi connectivity index (χ4n) is 4.50. The molecule has 27 heavy (non-hydrogen) atoms. The highest BCUT2D eigenvalue weighted by Gasteiger charge is 2.36. The SMILES string of the molecule is CC(CNCc1ccccc1)C(c1ccc(F)cc1)[C@@H]1CCOC(C)(C)C1. The molecule has 3 rings (SSSR count). The first-order valence-corrected chi connectivity index (χ1v) is 10.1. The van der Waals surface area contributed by atoms with Crippen molar-refractivity contribution in [3.63, 3.8) is 0 Å². The Morgan fingerprint density at radius 1 is 1.11 bits per heavy atom. The summed E-state index contributed by atoms with van der Waals surface area (Å²) in [7, 11) is 0. The van der Waals surface area contributed by atoms with Crippen molar-refractivity contribution < 1.29 is 9.13 Å². The Kier molecular flexibility index (Phi) is 6.67. The smallest absolute Gasteiger partial charge is 0.123 e. The maximum atomic E-state index is 13.5. The van der Waals surface area contributed by atoms with Crippen LogP contribution in [0.5, 0.6) is 0 Å². The summed E-state index contributed by atoms with van der Waals surface area (Å²) in [5.74, 6) is 1.24. The Bertz CT molecular complexity index is 698. The summed E-state index contributed by atoms with van der Waals surface area (Å²) in [6.45, 7) is 9.29. The first-order chi connectivity index (χ1) is 12.9. The lowest BCUT2D eigenvalue weighted by atomic mass is 9.71. The van der Waals surface area contributed by atoms with Gasteiger partial charge >= 0.3 is 0 Å². The first kappa shape index (κ1) is 20.0. The lowest BCUT2D eigenvalue weighted by Gasteiger charge is -2.41. The zero-order chi connectivity index (χ0) is 19.3. The third kappa shape index (κ3) is 5.63. The number of hydrogen-bond acceptors (Lipinski definition) is 2. The Balaban J connectivity index is 1.71. The molecule has 1 fully saturated rings. The maximum absolute atomic E-state index is 13.5. The fourth-order valence-corrected chi connectivity index (χ4v) is 4.50. The summed E-state index contributed by atoms with van der Waals surface area (Å²) in [6, 6.07) is 17.6. The summed E-state index contributed by atoms with van der Waals surface area (Å²) in [6.07, 6.45) is 2.10. The largest absolute Gasteiger partial charge is 0.376 e. The maximum Gasteiger partial charge on any atom is 0.123 e. The van der Waals surface area contributed by atoms with E-state index in [1.807, 2.05) is 18.2 Å². The van der Waals surface area contributed by atoms with Crippen molar-refractivity contribution in [2.75, 3.05) is 13.2 Å². The molecule has 1 aliphatic heterocycles. The molecule has 146 valence electrons. The number of halogens is 1. The van der Waals surface area contributed by atoms with Gasteiger partial charge in [-0.25, -0.2) is 4.39 Å². The van der Waals surface area contributed by atoms with E-state index < -0.39 is 0 Å². The van der Waals surface area contributed by atoms with Crippen LogP contribution in [-0.4, -0.2) is 18.8 Å². The van der Waals surface area contributed by atoms with E-state index in [-0.39, 0.29) is 11.4 Å². The van der Waals surface area contributed by atoms with Crippen molar-refractivity contribution >= 4 is 0 Å². The molecule has 1 saturated heterocycles. The summed E-state index contributed by atoms with van der Waals surface area (Å²) in [5, 5.41) is 3.62. The van der Waals surface area contributed by atoms with Crippen LogP contribution in [0.1, 0.15) is 50.7 Å². The van der Waals surface area contributed by atoms with E-state index in [0.717, 1.165) is 32.5 Å². The zero-order valence-corrected chi connectivity index (χ0v) is 16.7. The van der Waals surface area contributed by atoms with Gasteiger partial charge in [-0.3, -0.25) is 0 Å². The molecule has 0 radical (unpaired) electrons. The fraction of sp³-hybridized carbons (Fsp3) is 0.500. The van der Waals surface area contributed by atoms with Gasteiger partial charge in [0.25, 0.3) is 0 Å². The average Bonchev–Trinajstić information content (AvgIpc) is 2.64. The van der Waals surface area contributed by atoms with Crippen LogP contribution in [0.25, 0.3) is 0 Å². The summed E-state index contributed by atoms with van der Waals surface area (Å²) < 4.78 is 19.4. The van der Waals surface area contributed by atoms with Crippen LogP contribution in [-0.2, 0) is 11.3 Å². The minimum Gasteiger partial charge on any atom is -0.376 e. The molecule has 0 bridgehead atoms. The van der Waals surface area contributed by atoms with Crippen LogP contribution in [0.2, 0.25) is 0 Å². The quantitative estimate of drug-likeness (QED) is 0.692. The second-order valence-electron chi connectivity index (χ2n) is 8.53. The Hall–Kier alpha value is -1.71. The van der Waals surface area contributed by atoms with E-state index in [1.54, 1.807) is 12.1 Å². The first-order valence-electron chi connectivity index (χ1n) is 10.1. The van der Waals surface area contributed by atoms with E-state index in [0.29, 0.717) is 17.8 Å². The molecular weight excluding hydrogens is 337 g/mol. The lowest BCUT2D eigenvalue weighted by Crippen LogP contribution is -2.39. The molecule has 0 spiro atoms. The normalized spacial score (nSPS) is 21.6.